The Morgan fingerprint density at radius 3 is 2.56 bits per heavy atom. The zero-order valence-corrected chi connectivity index (χ0v) is 19.1. The second-order valence-corrected chi connectivity index (χ2v) is 9.64. The van der Waals surface area contributed by atoms with Crippen molar-refractivity contribution in [2.45, 2.75) is 24.3 Å². The molecule has 3 aromatic carbocycles. The number of amides is 1. The van der Waals surface area contributed by atoms with Gasteiger partial charge in [-0.15, -0.1) is 0 Å². The van der Waals surface area contributed by atoms with Crippen LogP contribution in [0.3, 0.4) is 0 Å². The summed E-state index contributed by atoms with van der Waals surface area (Å²) in [5, 5.41) is 11.4. The zero-order chi connectivity index (χ0) is 24.3. The molecule has 4 rings (SSSR count). The highest BCUT2D eigenvalue weighted by atomic mass is 32.2. The zero-order valence-electron chi connectivity index (χ0n) is 18.3. The molecule has 3 aromatic rings. The molecule has 1 amide bonds. The minimum Gasteiger partial charge on any atom is -0.452 e. The Labute approximate surface area is 197 Å². The number of nitrogens with zero attached hydrogens (tertiary/aromatic N) is 2. The number of fused-ring (bicyclic) bond motifs is 1. The van der Waals surface area contributed by atoms with E-state index in [-0.39, 0.29) is 16.5 Å². The quantitative estimate of drug-likeness (QED) is 0.546. The van der Waals surface area contributed by atoms with Crippen molar-refractivity contribution >= 4 is 33.3 Å². The first-order chi connectivity index (χ1) is 16.3. The molecule has 8 nitrogen and oxygen atoms in total. The van der Waals surface area contributed by atoms with Crippen LogP contribution in [0.2, 0.25) is 0 Å². The van der Waals surface area contributed by atoms with Crippen LogP contribution < -0.4 is 9.62 Å². The summed E-state index contributed by atoms with van der Waals surface area (Å²) in [4.78, 5) is 24.6. The van der Waals surface area contributed by atoms with Crippen LogP contribution in [0.15, 0.2) is 77.7 Å². The van der Waals surface area contributed by atoms with E-state index >= 15 is 0 Å². The summed E-state index contributed by atoms with van der Waals surface area (Å²) in [7, 11) is -3.91. The number of anilines is 2. The van der Waals surface area contributed by atoms with Gasteiger partial charge in [-0.3, -0.25) is 9.10 Å². The standard InChI is InChI=1S/C25H21N3O5S/c1-17-13-19-5-2-3-8-23(19)28(17)34(31,32)22-7-4-6-20(14-22)25(30)33-16-24(29)27-21-11-9-18(15-26)10-12-21/h2-12,14,17H,13,16H2,1H3,(H,27,29). The summed E-state index contributed by atoms with van der Waals surface area (Å²) in [5.41, 5.74) is 2.50. The number of carbonyl (C=O) groups excluding carboxylic acids is 2. The second kappa shape index (κ2) is 9.37. The van der Waals surface area contributed by atoms with Gasteiger partial charge < -0.3 is 10.1 Å². The second-order valence-electron chi connectivity index (χ2n) is 7.82. The van der Waals surface area contributed by atoms with Crippen LogP contribution in [0.4, 0.5) is 11.4 Å². The number of ether oxygens (including phenoxy) is 1. The van der Waals surface area contributed by atoms with Crippen molar-refractivity contribution in [2.75, 3.05) is 16.2 Å². The molecule has 0 saturated heterocycles. The van der Waals surface area contributed by atoms with Gasteiger partial charge in [0.2, 0.25) is 0 Å². The molecular weight excluding hydrogens is 454 g/mol. The summed E-state index contributed by atoms with van der Waals surface area (Å²) in [6, 6.07) is 20.8. The van der Waals surface area contributed by atoms with Gasteiger partial charge in [0.15, 0.2) is 6.61 Å². The van der Waals surface area contributed by atoms with E-state index in [2.05, 4.69) is 5.32 Å². The average Bonchev–Trinajstić information content (AvgIpc) is 3.19. The van der Waals surface area contributed by atoms with Crippen LogP contribution in [0, 0.1) is 11.3 Å². The number of nitrogens with one attached hydrogen (secondary N) is 1. The maximum Gasteiger partial charge on any atom is 0.338 e. The minimum absolute atomic E-state index is 0.0207. The number of rotatable bonds is 6. The molecule has 0 aromatic heterocycles. The molecule has 1 N–H and O–H groups in total. The van der Waals surface area contributed by atoms with Gasteiger partial charge in [-0.1, -0.05) is 24.3 Å². The van der Waals surface area contributed by atoms with Gasteiger partial charge in [-0.05, 0) is 67.4 Å². The molecule has 1 atom stereocenters. The van der Waals surface area contributed by atoms with E-state index in [4.69, 9.17) is 10.00 Å². The number of para-hydroxylation sites is 1. The SMILES string of the molecule is CC1Cc2ccccc2N1S(=O)(=O)c1cccc(C(=O)OCC(=O)Nc2ccc(C#N)cc2)c1. The Kier molecular flexibility index (Phi) is 6.34. The van der Waals surface area contributed by atoms with Gasteiger partial charge in [0, 0.05) is 11.7 Å². The van der Waals surface area contributed by atoms with Crippen molar-refractivity contribution in [2.24, 2.45) is 0 Å². The average molecular weight is 476 g/mol. The maximum atomic E-state index is 13.4. The predicted octanol–water partition coefficient (Wildman–Crippen LogP) is 3.49. The number of sulfonamides is 1. The Hall–Kier alpha value is -4.16. The van der Waals surface area contributed by atoms with Crippen molar-refractivity contribution in [3.05, 3.63) is 89.5 Å². The molecule has 0 fully saturated rings. The van der Waals surface area contributed by atoms with Crippen LogP contribution in [0.1, 0.15) is 28.4 Å². The lowest BCUT2D eigenvalue weighted by atomic mass is 10.1. The fourth-order valence-corrected chi connectivity index (χ4v) is 5.58. The summed E-state index contributed by atoms with van der Waals surface area (Å²) in [5.74, 6) is -1.38. The molecule has 172 valence electrons. The topological polar surface area (TPSA) is 117 Å². The number of carbonyl (C=O) groups is 2. The molecule has 1 aliphatic rings. The van der Waals surface area contributed by atoms with E-state index in [1.165, 1.54) is 28.6 Å². The Bertz CT molecular complexity index is 1390. The third-order valence-corrected chi connectivity index (χ3v) is 7.33. The molecule has 1 aliphatic heterocycles. The number of hydrogen-bond donors (Lipinski definition) is 1. The first-order valence-corrected chi connectivity index (χ1v) is 11.9. The van der Waals surface area contributed by atoms with Crippen molar-refractivity contribution in [1.29, 1.82) is 5.26 Å². The lowest BCUT2D eigenvalue weighted by Gasteiger charge is -2.24. The largest absolute Gasteiger partial charge is 0.452 e. The number of esters is 1. The first-order valence-electron chi connectivity index (χ1n) is 10.5. The fraction of sp³-hybridized carbons (Fsp3) is 0.160. The first kappa shape index (κ1) is 23.0. The number of hydrogen-bond acceptors (Lipinski definition) is 6. The maximum absolute atomic E-state index is 13.4. The Morgan fingerprint density at radius 1 is 1.09 bits per heavy atom. The van der Waals surface area contributed by atoms with Gasteiger partial charge in [0.1, 0.15) is 0 Å². The van der Waals surface area contributed by atoms with E-state index in [0.717, 1.165) is 5.56 Å². The smallest absolute Gasteiger partial charge is 0.338 e. The molecule has 34 heavy (non-hydrogen) atoms. The lowest BCUT2D eigenvalue weighted by Crippen LogP contribution is -2.35. The van der Waals surface area contributed by atoms with E-state index < -0.39 is 28.5 Å². The van der Waals surface area contributed by atoms with Crippen LogP contribution in [0.25, 0.3) is 0 Å². The molecule has 9 heteroatoms. The number of nitriles is 1. The summed E-state index contributed by atoms with van der Waals surface area (Å²) in [6.07, 6.45) is 0.603. The monoisotopic (exact) mass is 475 g/mol. The molecule has 0 spiro atoms. The molecule has 1 heterocycles. The van der Waals surface area contributed by atoms with E-state index in [9.17, 15) is 18.0 Å². The van der Waals surface area contributed by atoms with Gasteiger partial charge in [0.25, 0.3) is 15.9 Å². The molecule has 0 saturated carbocycles. The summed E-state index contributed by atoms with van der Waals surface area (Å²) < 4.78 is 33.2. The molecule has 0 bridgehead atoms. The van der Waals surface area contributed by atoms with Crippen LogP contribution in [0.5, 0.6) is 0 Å². The highest BCUT2D eigenvalue weighted by molar-refractivity contribution is 7.92. The van der Waals surface area contributed by atoms with Gasteiger partial charge in [0.05, 0.1) is 27.8 Å². The summed E-state index contributed by atoms with van der Waals surface area (Å²) >= 11 is 0. The van der Waals surface area contributed by atoms with Gasteiger partial charge in [-0.2, -0.15) is 5.26 Å². The third-order valence-electron chi connectivity index (χ3n) is 5.40. The molecule has 0 aliphatic carbocycles. The minimum atomic E-state index is -3.91. The highest BCUT2D eigenvalue weighted by Gasteiger charge is 2.36. The van der Waals surface area contributed by atoms with Crippen LogP contribution in [-0.4, -0.2) is 32.9 Å². The molecular formula is C25H21N3O5S. The van der Waals surface area contributed by atoms with Crippen molar-refractivity contribution in [3.8, 4) is 6.07 Å². The summed E-state index contributed by atoms with van der Waals surface area (Å²) in [6.45, 7) is 1.29. The molecule has 1 unspecified atom stereocenters. The van der Waals surface area contributed by atoms with Gasteiger partial charge >= 0.3 is 5.97 Å². The van der Waals surface area contributed by atoms with Crippen molar-refractivity contribution in [3.63, 3.8) is 0 Å². The molecule has 0 radical (unpaired) electrons. The normalized spacial score (nSPS) is 14.7. The van der Waals surface area contributed by atoms with Crippen molar-refractivity contribution in [1.82, 2.24) is 0 Å². The van der Waals surface area contributed by atoms with E-state index in [1.54, 1.807) is 36.4 Å². The van der Waals surface area contributed by atoms with Crippen LogP contribution in [-0.2, 0) is 26.0 Å². The van der Waals surface area contributed by atoms with E-state index in [1.807, 2.05) is 25.1 Å². The van der Waals surface area contributed by atoms with E-state index in [0.29, 0.717) is 23.4 Å². The van der Waals surface area contributed by atoms with Gasteiger partial charge in [-0.25, -0.2) is 13.2 Å². The predicted molar refractivity (Wildman–Crippen MR) is 126 cm³/mol. The lowest BCUT2D eigenvalue weighted by molar-refractivity contribution is -0.119. The van der Waals surface area contributed by atoms with Crippen LogP contribution >= 0.6 is 0 Å². The van der Waals surface area contributed by atoms with Crippen molar-refractivity contribution < 1.29 is 22.7 Å². The Morgan fingerprint density at radius 2 is 1.82 bits per heavy atom. The fourth-order valence-electron chi connectivity index (χ4n) is 3.84. The Balaban J connectivity index is 1.45. The number of benzene rings is 3. The highest BCUT2D eigenvalue weighted by Crippen LogP contribution is 2.36. The third kappa shape index (κ3) is 4.63.